The van der Waals surface area contributed by atoms with Crippen LogP contribution in [0.3, 0.4) is 0 Å². The minimum absolute atomic E-state index is 0.0413. The van der Waals surface area contributed by atoms with Crippen molar-refractivity contribution in [1.29, 1.82) is 0 Å². The van der Waals surface area contributed by atoms with Crippen LogP contribution in [0.1, 0.15) is 17.8 Å². The van der Waals surface area contributed by atoms with Crippen molar-refractivity contribution in [3.63, 3.8) is 0 Å². The first kappa shape index (κ1) is 16.7. The standard InChI is InChI=1S/C19H24N4OS/c1-15-4-3-5-16(20-15)10-22-8-7-19(13-22)14-23(17-6-9-25-12-17)18(24)11-21(19)2/h3-6,9,12H,7-8,10-11,13-14H2,1-2H3/t19-/m0/s1. The average molecular weight is 356 g/mol. The molecular formula is C19H24N4OS. The number of aryl methyl sites for hydroxylation is 1. The van der Waals surface area contributed by atoms with Gasteiger partial charge in [0.1, 0.15) is 0 Å². The molecule has 0 N–H and O–H groups in total. The van der Waals surface area contributed by atoms with Crippen molar-refractivity contribution < 1.29 is 4.79 Å². The molecule has 2 aromatic rings. The molecule has 4 heterocycles. The molecule has 0 unspecified atom stereocenters. The molecule has 4 rings (SSSR count). The van der Waals surface area contributed by atoms with Gasteiger partial charge in [-0.25, -0.2) is 0 Å². The fourth-order valence-corrected chi connectivity index (χ4v) is 4.68. The summed E-state index contributed by atoms with van der Waals surface area (Å²) >= 11 is 1.64. The van der Waals surface area contributed by atoms with E-state index in [1.54, 1.807) is 11.3 Å². The average Bonchev–Trinajstić information content (AvgIpc) is 3.22. The van der Waals surface area contributed by atoms with Gasteiger partial charge in [0.25, 0.3) is 0 Å². The maximum absolute atomic E-state index is 12.5. The number of thiophene rings is 1. The van der Waals surface area contributed by atoms with Gasteiger partial charge < -0.3 is 4.90 Å². The Hall–Kier alpha value is -1.76. The Bertz CT molecular complexity index is 763. The van der Waals surface area contributed by atoms with Crippen LogP contribution in [0.25, 0.3) is 0 Å². The van der Waals surface area contributed by atoms with Gasteiger partial charge >= 0.3 is 0 Å². The monoisotopic (exact) mass is 356 g/mol. The maximum Gasteiger partial charge on any atom is 0.241 e. The lowest BCUT2D eigenvalue weighted by atomic mass is 9.93. The number of rotatable bonds is 3. The van der Waals surface area contributed by atoms with Gasteiger partial charge in [0, 0.05) is 37.3 Å². The fourth-order valence-electron chi connectivity index (χ4n) is 4.04. The Morgan fingerprint density at radius 2 is 2.16 bits per heavy atom. The highest BCUT2D eigenvalue weighted by molar-refractivity contribution is 7.08. The van der Waals surface area contributed by atoms with Crippen LogP contribution in [0.2, 0.25) is 0 Å². The van der Waals surface area contributed by atoms with E-state index in [1.165, 1.54) is 0 Å². The second kappa shape index (κ2) is 6.52. The summed E-state index contributed by atoms with van der Waals surface area (Å²) in [5.74, 6) is 0.199. The molecule has 0 bridgehead atoms. The summed E-state index contributed by atoms with van der Waals surface area (Å²) in [6, 6.07) is 8.26. The van der Waals surface area contributed by atoms with Crippen LogP contribution < -0.4 is 4.90 Å². The smallest absolute Gasteiger partial charge is 0.241 e. The normalized spacial score (nSPS) is 25.2. The lowest BCUT2D eigenvalue weighted by Crippen LogP contribution is -2.64. The van der Waals surface area contributed by atoms with Gasteiger partial charge in [-0.1, -0.05) is 6.07 Å². The molecule has 0 aliphatic carbocycles. The number of hydrogen-bond acceptors (Lipinski definition) is 5. The van der Waals surface area contributed by atoms with Gasteiger partial charge in [-0.3, -0.25) is 19.6 Å². The number of pyridine rings is 1. The lowest BCUT2D eigenvalue weighted by molar-refractivity contribution is -0.123. The van der Waals surface area contributed by atoms with Crippen LogP contribution in [-0.2, 0) is 11.3 Å². The van der Waals surface area contributed by atoms with Gasteiger partial charge in [-0.2, -0.15) is 11.3 Å². The number of hydrogen-bond donors (Lipinski definition) is 0. The largest absolute Gasteiger partial charge is 0.309 e. The first-order chi connectivity index (χ1) is 12.1. The number of amides is 1. The molecule has 25 heavy (non-hydrogen) atoms. The zero-order valence-corrected chi connectivity index (χ0v) is 15.6. The molecule has 5 nitrogen and oxygen atoms in total. The molecule has 0 aromatic carbocycles. The molecule has 2 saturated heterocycles. The predicted octanol–water partition coefficient (Wildman–Crippen LogP) is 2.37. The van der Waals surface area contributed by atoms with Gasteiger partial charge in [-0.05, 0) is 44.0 Å². The number of likely N-dealkylation sites (tertiary alicyclic amines) is 1. The quantitative estimate of drug-likeness (QED) is 0.847. The number of aromatic nitrogens is 1. The zero-order valence-electron chi connectivity index (χ0n) is 14.8. The van der Waals surface area contributed by atoms with E-state index < -0.39 is 0 Å². The highest BCUT2D eigenvalue weighted by atomic mass is 32.1. The highest BCUT2D eigenvalue weighted by Gasteiger charge is 2.47. The first-order valence-electron chi connectivity index (χ1n) is 8.74. The van der Waals surface area contributed by atoms with E-state index in [0.717, 1.165) is 49.7 Å². The van der Waals surface area contributed by atoms with Crippen LogP contribution in [0.15, 0.2) is 35.0 Å². The number of carbonyl (C=O) groups excluding carboxylic acids is 1. The maximum atomic E-state index is 12.5. The summed E-state index contributed by atoms with van der Waals surface area (Å²) in [4.78, 5) is 23.9. The minimum Gasteiger partial charge on any atom is -0.309 e. The lowest BCUT2D eigenvalue weighted by Gasteiger charge is -2.46. The summed E-state index contributed by atoms with van der Waals surface area (Å²) in [5, 5.41) is 4.11. The van der Waals surface area contributed by atoms with E-state index in [9.17, 15) is 4.79 Å². The Balaban J connectivity index is 1.50. The van der Waals surface area contributed by atoms with E-state index >= 15 is 0 Å². The molecule has 2 aromatic heterocycles. The van der Waals surface area contributed by atoms with Crippen LogP contribution in [0.5, 0.6) is 0 Å². The molecule has 2 aliphatic heterocycles. The van der Waals surface area contributed by atoms with E-state index in [1.807, 2.05) is 29.3 Å². The number of likely N-dealkylation sites (N-methyl/N-ethyl adjacent to an activating group) is 1. The van der Waals surface area contributed by atoms with E-state index in [4.69, 9.17) is 0 Å². The fraction of sp³-hybridized carbons (Fsp3) is 0.474. The van der Waals surface area contributed by atoms with Gasteiger partial charge in [0.2, 0.25) is 5.91 Å². The summed E-state index contributed by atoms with van der Waals surface area (Å²) in [6.07, 6.45) is 1.09. The van der Waals surface area contributed by atoms with Crippen molar-refractivity contribution in [3.05, 3.63) is 46.4 Å². The van der Waals surface area contributed by atoms with Gasteiger partial charge in [0.05, 0.1) is 23.5 Å². The Morgan fingerprint density at radius 1 is 1.28 bits per heavy atom. The third-order valence-corrected chi connectivity index (χ3v) is 6.17. The zero-order chi connectivity index (χ0) is 17.4. The Labute approximate surface area is 152 Å². The van der Waals surface area contributed by atoms with Gasteiger partial charge in [-0.15, -0.1) is 0 Å². The van der Waals surface area contributed by atoms with E-state index in [2.05, 4.69) is 39.3 Å². The van der Waals surface area contributed by atoms with Crippen LogP contribution >= 0.6 is 11.3 Å². The molecule has 0 radical (unpaired) electrons. The van der Waals surface area contributed by atoms with Crippen molar-refractivity contribution >= 4 is 22.9 Å². The molecule has 132 valence electrons. The molecule has 0 saturated carbocycles. The molecule has 1 atom stereocenters. The molecule has 1 spiro atoms. The van der Waals surface area contributed by atoms with E-state index in [-0.39, 0.29) is 11.4 Å². The molecular weight excluding hydrogens is 332 g/mol. The second-order valence-corrected chi connectivity index (χ2v) is 8.05. The van der Waals surface area contributed by atoms with Crippen LogP contribution in [0.4, 0.5) is 5.69 Å². The minimum atomic E-state index is 0.0413. The Morgan fingerprint density at radius 3 is 2.92 bits per heavy atom. The Kier molecular flexibility index (Phi) is 4.35. The number of piperazine rings is 1. The van der Waals surface area contributed by atoms with E-state index in [0.29, 0.717) is 6.54 Å². The predicted molar refractivity (Wildman–Crippen MR) is 101 cm³/mol. The number of carbonyl (C=O) groups is 1. The van der Waals surface area contributed by atoms with Crippen molar-refractivity contribution in [3.8, 4) is 0 Å². The topological polar surface area (TPSA) is 39.7 Å². The number of anilines is 1. The molecule has 2 fully saturated rings. The van der Waals surface area contributed by atoms with Crippen molar-refractivity contribution in [2.45, 2.75) is 25.4 Å². The third-order valence-electron chi connectivity index (χ3n) is 5.50. The summed E-state index contributed by atoms with van der Waals surface area (Å²) in [7, 11) is 2.09. The van der Waals surface area contributed by atoms with Crippen LogP contribution in [0, 0.1) is 6.92 Å². The summed E-state index contributed by atoms with van der Waals surface area (Å²) in [6.45, 7) is 6.21. The molecule has 6 heteroatoms. The first-order valence-corrected chi connectivity index (χ1v) is 9.69. The molecule has 1 amide bonds. The van der Waals surface area contributed by atoms with Crippen molar-refractivity contribution in [1.82, 2.24) is 14.8 Å². The molecule has 2 aliphatic rings. The van der Waals surface area contributed by atoms with Crippen molar-refractivity contribution in [2.24, 2.45) is 0 Å². The number of nitrogens with zero attached hydrogens (tertiary/aromatic N) is 4. The third kappa shape index (κ3) is 3.21. The highest BCUT2D eigenvalue weighted by Crippen LogP contribution is 2.34. The summed E-state index contributed by atoms with van der Waals surface area (Å²) in [5.41, 5.74) is 3.28. The SMILES string of the molecule is Cc1cccc(CN2CC[C@]3(C2)CN(c2ccsc2)C(=O)CN3C)n1. The van der Waals surface area contributed by atoms with Crippen LogP contribution in [-0.4, -0.2) is 59.5 Å². The summed E-state index contributed by atoms with van der Waals surface area (Å²) < 4.78 is 0. The van der Waals surface area contributed by atoms with Crippen molar-refractivity contribution in [2.75, 3.05) is 38.1 Å². The van der Waals surface area contributed by atoms with Gasteiger partial charge in [0.15, 0.2) is 0 Å². The second-order valence-electron chi connectivity index (χ2n) is 7.27.